The van der Waals surface area contributed by atoms with Crippen LogP contribution in [0.25, 0.3) is 0 Å². The Balaban J connectivity index is 0.00000432. The second kappa shape index (κ2) is 10.4. The predicted octanol–water partition coefficient (Wildman–Crippen LogP) is -4.76. The van der Waals surface area contributed by atoms with Crippen molar-refractivity contribution >= 4 is 33.3 Å². The zero-order valence-electron chi connectivity index (χ0n) is 19.5. The van der Waals surface area contributed by atoms with Crippen LogP contribution >= 0.6 is 11.3 Å². The predicted molar refractivity (Wildman–Crippen MR) is 95.5 cm³/mol. The molecule has 0 unspecified atom stereocenters. The van der Waals surface area contributed by atoms with Gasteiger partial charge >= 0.3 is 34.6 Å². The van der Waals surface area contributed by atoms with Crippen LogP contribution in [0.5, 0.6) is 5.75 Å². The van der Waals surface area contributed by atoms with Gasteiger partial charge in [-0.15, -0.1) is 0 Å². The molecule has 1 aromatic carbocycles. The maximum absolute atomic E-state index is 12.8. The van der Waals surface area contributed by atoms with Crippen LogP contribution in [0.2, 0.25) is 0 Å². The van der Waals surface area contributed by atoms with Crippen molar-refractivity contribution in [3.8, 4) is 5.75 Å². The van der Waals surface area contributed by atoms with E-state index in [1.807, 2.05) is 0 Å². The monoisotopic (exact) mass is 467 g/mol. The number of aliphatic hydroxyl groups is 3. The number of thiazole rings is 1. The number of hydrogen-bond donors (Lipinski definition) is 4. The van der Waals surface area contributed by atoms with Crippen LogP contribution in [-0.2, 0) is 9.53 Å². The van der Waals surface area contributed by atoms with Crippen molar-refractivity contribution in [3.63, 3.8) is 0 Å². The summed E-state index contributed by atoms with van der Waals surface area (Å²) in [5.41, 5.74) is -0.842. The summed E-state index contributed by atoms with van der Waals surface area (Å²) in [6.45, 7) is 0. The summed E-state index contributed by atoms with van der Waals surface area (Å²) in [7, 11) is 0. The maximum atomic E-state index is 12.8. The summed E-state index contributed by atoms with van der Waals surface area (Å²) in [6.07, 6.45) is -9.81. The Bertz CT molecular complexity index is 1170. The first-order chi connectivity index (χ1) is 15.8. The van der Waals surface area contributed by atoms with E-state index in [-0.39, 0.29) is 34.7 Å². The average Bonchev–Trinajstić information content (AvgIpc) is 3.24. The molecule has 0 spiro atoms. The molecule has 1 aliphatic heterocycles. The number of amides is 1. The molecule has 3 rings (SSSR count). The third kappa shape index (κ3) is 5.55. The zero-order chi connectivity index (χ0) is 25.5. The third-order valence-electron chi connectivity index (χ3n) is 3.81. The number of rotatable bonds is 6. The van der Waals surface area contributed by atoms with Crippen molar-refractivity contribution in [2.45, 2.75) is 30.7 Å². The molecule has 1 amide bonds. The number of ether oxygens (including phenoxy) is 2. The number of carboxylic acids is 1. The fourth-order valence-electron chi connectivity index (χ4n) is 2.37. The van der Waals surface area contributed by atoms with Gasteiger partial charge < -0.3 is 34.7 Å². The number of carbonyl (C=O) groups is 2. The first-order valence-electron chi connectivity index (χ1n) is 9.94. The molecule has 4 N–H and O–H groups in total. The van der Waals surface area contributed by atoms with Crippen molar-refractivity contribution in [1.82, 2.24) is 4.98 Å². The van der Waals surface area contributed by atoms with Gasteiger partial charge in [0, 0.05) is 0 Å². The molecule has 0 aliphatic carbocycles. The molecule has 0 bridgehead atoms. The van der Waals surface area contributed by atoms with Gasteiger partial charge in [-0.1, -0.05) is 12.1 Å². The van der Waals surface area contributed by atoms with Crippen LogP contribution in [0.3, 0.4) is 0 Å². The number of aliphatic carboxylic acids is 1. The normalized spacial score (nSPS) is 27.0. The Kier molecular flexibility index (Phi) is 6.56. The molecule has 0 saturated carbocycles. The van der Waals surface area contributed by atoms with Crippen molar-refractivity contribution in [2.24, 2.45) is 0 Å². The Morgan fingerprint density at radius 1 is 1.26 bits per heavy atom. The van der Waals surface area contributed by atoms with Gasteiger partial charge in [-0.3, -0.25) is 20.2 Å². The quantitative estimate of drug-likeness (QED) is 0.180. The van der Waals surface area contributed by atoms with E-state index in [0.29, 0.717) is 11.3 Å². The average molecular weight is 467 g/mol. The molecular weight excluding hydrogens is 449 g/mol. The molecular formula is C16H14N3NaO10S. The molecule has 1 saturated heterocycles. The van der Waals surface area contributed by atoms with E-state index < -0.39 is 88.0 Å². The van der Waals surface area contributed by atoms with Crippen molar-refractivity contribution in [3.05, 3.63) is 46.0 Å². The molecule has 2 aromatic rings. The summed E-state index contributed by atoms with van der Waals surface area (Å²) < 4.78 is 41.8. The number of anilines is 1. The minimum absolute atomic E-state index is 0. The number of aromatic nitrogens is 1. The number of nitrogens with one attached hydrogen (secondary N) is 1. The van der Waals surface area contributed by atoms with Crippen LogP contribution in [0, 0.1) is 10.1 Å². The molecule has 13 nitrogen and oxygen atoms in total. The second-order valence-corrected chi connectivity index (χ2v) is 6.76. The van der Waals surface area contributed by atoms with E-state index in [1.54, 1.807) is 0 Å². The largest absolute Gasteiger partial charge is 1.00 e. The van der Waals surface area contributed by atoms with Gasteiger partial charge in [-0.2, -0.15) is 0 Å². The van der Waals surface area contributed by atoms with Crippen LogP contribution in [0.15, 0.2) is 30.4 Å². The number of benzene rings is 1. The number of nitrogens with zero attached hydrogens (tertiary/aromatic N) is 2. The number of para-hydroxylation sites is 1. The van der Waals surface area contributed by atoms with Gasteiger partial charge in [0.1, 0.15) is 36.4 Å². The molecule has 5 atom stereocenters. The van der Waals surface area contributed by atoms with Crippen LogP contribution in [0.4, 0.5) is 10.1 Å². The van der Waals surface area contributed by atoms with Gasteiger partial charge in [0.25, 0.3) is 5.91 Å². The molecule has 0 radical (unpaired) electrons. The summed E-state index contributed by atoms with van der Waals surface area (Å²) in [5, 5.41) is 53.2. The first-order valence-corrected chi connectivity index (χ1v) is 8.75. The van der Waals surface area contributed by atoms with Crippen molar-refractivity contribution in [2.75, 3.05) is 5.32 Å². The molecule has 1 fully saturated rings. The Morgan fingerprint density at radius 3 is 2.55 bits per heavy atom. The number of aliphatic hydroxyl groups excluding tert-OH is 3. The van der Waals surface area contributed by atoms with E-state index >= 15 is 0 Å². The van der Waals surface area contributed by atoms with E-state index in [1.165, 1.54) is 0 Å². The van der Waals surface area contributed by atoms with Gasteiger partial charge in [-0.05, 0) is 23.4 Å². The standard InChI is InChI=1S/C16H15N3O10S.Na/c20-9-10(21)12(14(24)25)29-15(11(9)22)28-7-4-2-1-3-6(7)13(23)18-16-17-5-8(30-16)19(26)27;/h1-5,9-12,15,20-22H,(H,24,25)(H,17,18,23);/q;+1/p-1/t9-,10-,11+,12-,15+;/m0./s1/i1D,2D,3D,4D;. The van der Waals surface area contributed by atoms with Crippen molar-refractivity contribution < 1.29 is 79.5 Å². The topological polar surface area (TPSA) is 204 Å². The summed E-state index contributed by atoms with van der Waals surface area (Å²) >= 11 is 0.455. The van der Waals surface area contributed by atoms with Crippen LogP contribution in [-0.4, -0.2) is 67.8 Å². The molecule has 15 heteroatoms. The fraction of sp³-hybridized carbons (Fsp3) is 0.312. The molecule has 1 aliphatic rings. The number of carbonyl (C=O) groups excluding carboxylic acids is 2. The Morgan fingerprint density at radius 2 is 1.94 bits per heavy atom. The van der Waals surface area contributed by atoms with Gasteiger partial charge in [0.05, 0.1) is 21.9 Å². The van der Waals surface area contributed by atoms with E-state index in [4.69, 9.17) is 15.0 Å². The summed E-state index contributed by atoms with van der Waals surface area (Å²) in [6, 6.07) is -3.58. The SMILES string of the molecule is [2H]c1c([2H])c([2H])c(C(=O)Nc2ncc([N+](=O)[O-])s2)c(O[C@@H]2O[C@H](C(=O)[O-])[C@@H](O)[C@H](O)[C@H]2O)c1[2H].[Na+]. The third-order valence-corrected chi connectivity index (χ3v) is 4.67. The zero-order valence-corrected chi connectivity index (χ0v) is 18.3. The number of nitro groups is 1. The second-order valence-electron chi connectivity index (χ2n) is 5.75. The number of hydrogen-bond acceptors (Lipinski definition) is 12. The molecule has 160 valence electrons. The Hall–Kier alpha value is -2.17. The van der Waals surface area contributed by atoms with Gasteiger partial charge in [0.15, 0.2) is 5.13 Å². The van der Waals surface area contributed by atoms with Crippen molar-refractivity contribution in [1.29, 1.82) is 0 Å². The minimum Gasteiger partial charge on any atom is -0.547 e. The fourth-order valence-corrected chi connectivity index (χ4v) is 3.00. The summed E-state index contributed by atoms with van der Waals surface area (Å²) in [4.78, 5) is 37.6. The number of carboxylic acid groups (broad SMARTS) is 1. The maximum Gasteiger partial charge on any atom is 1.00 e. The summed E-state index contributed by atoms with van der Waals surface area (Å²) in [5.74, 6) is -4.13. The van der Waals surface area contributed by atoms with E-state index in [9.17, 15) is 40.1 Å². The molecule has 2 heterocycles. The van der Waals surface area contributed by atoms with Gasteiger partial charge in [0.2, 0.25) is 6.29 Å². The van der Waals surface area contributed by atoms with Crippen LogP contribution < -0.4 is 44.7 Å². The molecule has 1 aromatic heterocycles. The van der Waals surface area contributed by atoms with Gasteiger partial charge in [-0.25, -0.2) is 4.98 Å². The smallest absolute Gasteiger partial charge is 0.547 e. The van der Waals surface area contributed by atoms with Crippen LogP contribution in [0.1, 0.15) is 15.8 Å². The Labute approximate surface area is 205 Å². The first kappa shape index (κ1) is 19.5. The minimum atomic E-state index is -2.19. The van der Waals surface area contributed by atoms with E-state index in [0.717, 1.165) is 6.20 Å². The van der Waals surface area contributed by atoms with E-state index in [2.05, 4.69) is 10.3 Å². The molecule has 31 heavy (non-hydrogen) atoms.